The highest BCUT2D eigenvalue weighted by atomic mass is 35.5. The van der Waals surface area contributed by atoms with Crippen LogP contribution in [0.15, 0.2) is 30.9 Å². The minimum atomic E-state index is -0.223. The zero-order valence-corrected chi connectivity index (χ0v) is 8.34. The fourth-order valence-corrected chi connectivity index (χ4v) is 1.18. The second kappa shape index (κ2) is 4.67. The average Bonchev–Trinajstić information content (AvgIpc) is 2.14. The van der Waals surface area contributed by atoms with Gasteiger partial charge >= 0.3 is 0 Å². The summed E-state index contributed by atoms with van der Waals surface area (Å²) in [6.07, 6.45) is 1.60. The first-order valence-corrected chi connectivity index (χ1v) is 4.47. The lowest BCUT2D eigenvalue weighted by Gasteiger charge is -2.05. The highest BCUT2D eigenvalue weighted by Gasteiger charge is 2.08. The van der Waals surface area contributed by atoms with E-state index in [9.17, 15) is 4.79 Å². The van der Waals surface area contributed by atoms with Crippen LogP contribution in [0.5, 0.6) is 0 Å². The first-order chi connectivity index (χ1) is 6.65. The summed E-state index contributed by atoms with van der Waals surface area (Å²) in [6, 6.07) is 4.77. The molecular weight excluding hydrogens is 200 g/mol. The van der Waals surface area contributed by atoms with Crippen molar-refractivity contribution >= 4 is 23.2 Å². The van der Waals surface area contributed by atoms with Gasteiger partial charge in [-0.15, -0.1) is 6.58 Å². The van der Waals surface area contributed by atoms with Gasteiger partial charge in [0.05, 0.1) is 5.56 Å². The van der Waals surface area contributed by atoms with Crippen molar-refractivity contribution in [2.75, 3.05) is 12.3 Å². The van der Waals surface area contributed by atoms with Crippen LogP contribution in [0.25, 0.3) is 0 Å². The Kier molecular flexibility index (Phi) is 3.54. The summed E-state index contributed by atoms with van der Waals surface area (Å²) in [5, 5.41) is 3.15. The summed E-state index contributed by atoms with van der Waals surface area (Å²) in [4.78, 5) is 11.5. The SMILES string of the molecule is C=CCNC(=O)c1ccc(Cl)cc1N. The Morgan fingerprint density at radius 1 is 1.64 bits per heavy atom. The van der Waals surface area contributed by atoms with E-state index in [2.05, 4.69) is 11.9 Å². The van der Waals surface area contributed by atoms with Crippen LogP contribution < -0.4 is 11.1 Å². The monoisotopic (exact) mass is 210 g/mol. The van der Waals surface area contributed by atoms with Gasteiger partial charge in [0.25, 0.3) is 5.91 Å². The van der Waals surface area contributed by atoms with Crippen molar-refractivity contribution in [3.05, 3.63) is 41.4 Å². The van der Waals surface area contributed by atoms with E-state index in [4.69, 9.17) is 17.3 Å². The molecule has 0 radical (unpaired) electrons. The van der Waals surface area contributed by atoms with Gasteiger partial charge in [-0.05, 0) is 18.2 Å². The highest BCUT2D eigenvalue weighted by molar-refractivity contribution is 6.31. The molecule has 0 aliphatic heterocycles. The van der Waals surface area contributed by atoms with Crippen molar-refractivity contribution in [1.29, 1.82) is 0 Å². The lowest BCUT2D eigenvalue weighted by atomic mass is 10.1. The van der Waals surface area contributed by atoms with Crippen molar-refractivity contribution < 1.29 is 4.79 Å². The third-order valence-corrected chi connectivity index (χ3v) is 1.90. The van der Waals surface area contributed by atoms with E-state index in [1.165, 1.54) is 0 Å². The molecule has 1 aromatic carbocycles. The van der Waals surface area contributed by atoms with Crippen LogP contribution in [-0.4, -0.2) is 12.5 Å². The molecule has 0 saturated heterocycles. The average molecular weight is 211 g/mol. The molecule has 14 heavy (non-hydrogen) atoms. The molecule has 1 aromatic rings. The van der Waals surface area contributed by atoms with Crippen molar-refractivity contribution in [1.82, 2.24) is 5.32 Å². The number of nitrogens with one attached hydrogen (secondary N) is 1. The number of nitrogen functional groups attached to an aromatic ring is 1. The van der Waals surface area contributed by atoms with Gasteiger partial charge in [0.15, 0.2) is 0 Å². The molecule has 3 N–H and O–H groups in total. The van der Waals surface area contributed by atoms with E-state index >= 15 is 0 Å². The van der Waals surface area contributed by atoms with E-state index in [0.717, 1.165) is 0 Å². The molecule has 0 fully saturated rings. The summed E-state index contributed by atoms with van der Waals surface area (Å²) < 4.78 is 0. The molecule has 0 atom stereocenters. The summed E-state index contributed by atoms with van der Waals surface area (Å²) in [6.45, 7) is 3.91. The molecule has 1 rings (SSSR count). The Bertz CT molecular complexity index is 363. The van der Waals surface area contributed by atoms with Gasteiger partial charge in [0, 0.05) is 17.3 Å². The largest absolute Gasteiger partial charge is 0.398 e. The number of rotatable bonds is 3. The summed E-state index contributed by atoms with van der Waals surface area (Å²) >= 11 is 5.70. The fraction of sp³-hybridized carbons (Fsp3) is 0.100. The molecule has 0 heterocycles. The molecule has 0 unspecified atom stereocenters. The predicted octanol–water partition coefficient (Wildman–Crippen LogP) is 1.84. The number of carbonyl (C=O) groups excluding carboxylic acids is 1. The zero-order valence-electron chi connectivity index (χ0n) is 7.59. The molecule has 0 aromatic heterocycles. The second-order valence-electron chi connectivity index (χ2n) is 2.73. The normalized spacial score (nSPS) is 9.50. The van der Waals surface area contributed by atoms with E-state index in [1.807, 2.05) is 0 Å². The third-order valence-electron chi connectivity index (χ3n) is 1.67. The van der Waals surface area contributed by atoms with Crippen LogP contribution in [0, 0.1) is 0 Å². The standard InChI is InChI=1S/C10H11ClN2O/c1-2-5-13-10(14)8-4-3-7(11)6-9(8)12/h2-4,6H,1,5,12H2,(H,13,14). The lowest BCUT2D eigenvalue weighted by Crippen LogP contribution is -2.24. The van der Waals surface area contributed by atoms with Crippen molar-refractivity contribution in [3.8, 4) is 0 Å². The Labute approximate surface area is 87.6 Å². The van der Waals surface area contributed by atoms with Crippen LogP contribution in [-0.2, 0) is 0 Å². The highest BCUT2D eigenvalue weighted by Crippen LogP contribution is 2.17. The molecule has 0 aliphatic rings. The Hall–Kier alpha value is -1.48. The number of anilines is 1. The molecule has 74 valence electrons. The number of amides is 1. The minimum Gasteiger partial charge on any atom is -0.398 e. The van der Waals surface area contributed by atoms with Crippen molar-refractivity contribution in [2.45, 2.75) is 0 Å². The van der Waals surface area contributed by atoms with Gasteiger partial charge in [-0.3, -0.25) is 4.79 Å². The molecule has 0 spiro atoms. The lowest BCUT2D eigenvalue weighted by molar-refractivity contribution is 0.0959. The van der Waals surface area contributed by atoms with Crippen LogP contribution in [0.4, 0.5) is 5.69 Å². The second-order valence-corrected chi connectivity index (χ2v) is 3.17. The summed E-state index contributed by atoms with van der Waals surface area (Å²) in [7, 11) is 0. The smallest absolute Gasteiger partial charge is 0.253 e. The van der Waals surface area contributed by atoms with E-state index < -0.39 is 0 Å². The van der Waals surface area contributed by atoms with Crippen molar-refractivity contribution in [3.63, 3.8) is 0 Å². The number of nitrogens with two attached hydrogens (primary N) is 1. The van der Waals surface area contributed by atoms with Crippen LogP contribution in [0.2, 0.25) is 5.02 Å². The molecule has 0 saturated carbocycles. The third kappa shape index (κ3) is 2.50. The van der Waals surface area contributed by atoms with Crippen LogP contribution >= 0.6 is 11.6 Å². The maximum Gasteiger partial charge on any atom is 0.253 e. The maximum atomic E-state index is 11.5. The quantitative estimate of drug-likeness (QED) is 0.591. The first kappa shape index (κ1) is 10.6. The van der Waals surface area contributed by atoms with Gasteiger partial charge in [-0.25, -0.2) is 0 Å². The predicted molar refractivity (Wildman–Crippen MR) is 58.4 cm³/mol. The summed E-state index contributed by atoms with van der Waals surface area (Å²) in [5.41, 5.74) is 6.42. The Balaban J connectivity index is 2.84. The molecule has 4 heteroatoms. The molecule has 3 nitrogen and oxygen atoms in total. The van der Waals surface area contributed by atoms with Gasteiger partial charge in [0.1, 0.15) is 0 Å². The number of halogens is 1. The summed E-state index contributed by atoms with van der Waals surface area (Å²) in [5.74, 6) is -0.223. The number of carbonyl (C=O) groups is 1. The van der Waals surface area contributed by atoms with Gasteiger partial charge in [-0.1, -0.05) is 17.7 Å². The van der Waals surface area contributed by atoms with Gasteiger partial charge in [-0.2, -0.15) is 0 Å². The molecule has 0 bridgehead atoms. The first-order valence-electron chi connectivity index (χ1n) is 4.09. The zero-order chi connectivity index (χ0) is 10.6. The topological polar surface area (TPSA) is 55.1 Å². The minimum absolute atomic E-state index is 0.223. The molecule has 0 aliphatic carbocycles. The van der Waals surface area contributed by atoms with Crippen LogP contribution in [0.1, 0.15) is 10.4 Å². The van der Waals surface area contributed by atoms with Crippen molar-refractivity contribution in [2.24, 2.45) is 0 Å². The van der Waals surface area contributed by atoms with Gasteiger partial charge < -0.3 is 11.1 Å². The Morgan fingerprint density at radius 3 is 2.93 bits per heavy atom. The molecule has 1 amide bonds. The number of hydrogen-bond acceptors (Lipinski definition) is 2. The van der Waals surface area contributed by atoms with Crippen LogP contribution in [0.3, 0.4) is 0 Å². The van der Waals surface area contributed by atoms with E-state index in [1.54, 1.807) is 24.3 Å². The number of benzene rings is 1. The number of hydrogen-bond donors (Lipinski definition) is 2. The fourth-order valence-electron chi connectivity index (χ4n) is 1.00. The van der Waals surface area contributed by atoms with E-state index in [0.29, 0.717) is 22.8 Å². The molecular formula is C10H11ClN2O. The Morgan fingerprint density at radius 2 is 2.36 bits per heavy atom. The van der Waals surface area contributed by atoms with Gasteiger partial charge in [0.2, 0.25) is 0 Å². The van der Waals surface area contributed by atoms with E-state index in [-0.39, 0.29) is 5.91 Å². The maximum absolute atomic E-state index is 11.5.